The summed E-state index contributed by atoms with van der Waals surface area (Å²) in [6.07, 6.45) is 1.39. The highest BCUT2D eigenvalue weighted by Gasteiger charge is 1.96. The van der Waals surface area contributed by atoms with Crippen molar-refractivity contribution in [1.29, 1.82) is 0 Å². The van der Waals surface area contributed by atoms with Crippen LogP contribution in [0.2, 0.25) is 0 Å². The standard InChI is InChI=1S/C6H12N2O/c1-5(7)4-6(9)8(2)3/h4H,7H2,1-3H3/b5-4+. The van der Waals surface area contributed by atoms with Crippen molar-refractivity contribution in [2.45, 2.75) is 6.92 Å². The molecule has 0 aromatic carbocycles. The largest absolute Gasteiger partial charge is 0.402 e. The molecule has 0 fully saturated rings. The summed E-state index contributed by atoms with van der Waals surface area (Å²) in [5.74, 6) is -0.0741. The Balaban J connectivity index is 3.93. The van der Waals surface area contributed by atoms with E-state index in [1.54, 1.807) is 21.0 Å². The van der Waals surface area contributed by atoms with Crippen LogP contribution < -0.4 is 5.73 Å². The van der Waals surface area contributed by atoms with Crippen molar-refractivity contribution in [3.8, 4) is 0 Å². The lowest BCUT2D eigenvalue weighted by atomic mass is 10.4. The maximum absolute atomic E-state index is 10.7. The Kier molecular flexibility index (Phi) is 2.78. The molecule has 0 aliphatic heterocycles. The van der Waals surface area contributed by atoms with Gasteiger partial charge in [-0.3, -0.25) is 4.79 Å². The van der Waals surface area contributed by atoms with Crippen LogP contribution in [0.5, 0.6) is 0 Å². The van der Waals surface area contributed by atoms with E-state index >= 15 is 0 Å². The van der Waals surface area contributed by atoms with Gasteiger partial charge in [-0.25, -0.2) is 0 Å². The van der Waals surface area contributed by atoms with Crippen LogP contribution >= 0.6 is 0 Å². The number of carbonyl (C=O) groups excluding carboxylic acids is 1. The Labute approximate surface area is 55.1 Å². The number of nitrogens with two attached hydrogens (primary N) is 1. The number of nitrogens with zero attached hydrogens (tertiary/aromatic N) is 1. The van der Waals surface area contributed by atoms with Gasteiger partial charge < -0.3 is 10.6 Å². The summed E-state index contributed by atoms with van der Waals surface area (Å²) in [6, 6.07) is 0. The third kappa shape index (κ3) is 3.58. The van der Waals surface area contributed by atoms with Crippen LogP contribution in [-0.2, 0) is 4.79 Å². The predicted molar refractivity (Wildman–Crippen MR) is 36.6 cm³/mol. The van der Waals surface area contributed by atoms with Crippen molar-refractivity contribution in [3.63, 3.8) is 0 Å². The summed E-state index contributed by atoms with van der Waals surface area (Å²) in [7, 11) is 3.36. The fraction of sp³-hybridized carbons (Fsp3) is 0.500. The molecule has 52 valence electrons. The van der Waals surface area contributed by atoms with Crippen LogP contribution in [0.3, 0.4) is 0 Å². The molecule has 0 spiro atoms. The van der Waals surface area contributed by atoms with Crippen molar-refractivity contribution in [1.82, 2.24) is 4.90 Å². The Morgan fingerprint density at radius 3 is 2.11 bits per heavy atom. The molecular weight excluding hydrogens is 116 g/mol. The zero-order valence-corrected chi connectivity index (χ0v) is 6.01. The zero-order chi connectivity index (χ0) is 7.44. The lowest BCUT2D eigenvalue weighted by molar-refractivity contribution is -0.123. The van der Waals surface area contributed by atoms with E-state index in [0.717, 1.165) is 0 Å². The molecule has 0 saturated carbocycles. The molecule has 3 nitrogen and oxygen atoms in total. The minimum atomic E-state index is -0.0741. The third-order valence-corrected chi connectivity index (χ3v) is 0.792. The third-order valence-electron chi connectivity index (χ3n) is 0.792. The second-order valence-corrected chi connectivity index (χ2v) is 2.12. The number of hydrogen-bond acceptors (Lipinski definition) is 2. The highest BCUT2D eigenvalue weighted by molar-refractivity contribution is 5.87. The van der Waals surface area contributed by atoms with Crippen LogP contribution in [0.4, 0.5) is 0 Å². The van der Waals surface area contributed by atoms with Crippen molar-refractivity contribution >= 4 is 5.91 Å². The average Bonchev–Trinajstić information content (AvgIpc) is 1.63. The molecule has 0 aromatic rings. The lowest BCUT2D eigenvalue weighted by Crippen LogP contribution is -2.20. The summed E-state index contributed by atoms with van der Waals surface area (Å²) >= 11 is 0. The van der Waals surface area contributed by atoms with Gasteiger partial charge in [0.15, 0.2) is 0 Å². The van der Waals surface area contributed by atoms with E-state index in [0.29, 0.717) is 5.70 Å². The number of amides is 1. The van der Waals surface area contributed by atoms with Crippen LogP contribution in [0.15, 0.2) is 11.8 Å². The fourth-order valence-corrected chi connectivity index (χ4v) is 0.324. The summed E-state index contributed by atoms with van der Waals surface area (Å²) in [5, 5.41) is 0. The van der Waals surface area contributed by atoms with Crippen LogP contribution in [0.25, 0.3) is 0 Å². The van der Waals surface area contributed by atoms with Gasteiger partial charge in [-0.2, -0.15) is 0 Å². The first-order valence-electron chi connectivity index (χ1n) is 2.69. The molecule has 0 bridgehead atoms. The summed E-state index contributed by atoms with van der Waals surface area (Å²) in [4.78, 5) is 12.2. The van der Waals surface area contributed by atoms with Gasteiger partial charge in [-0.05, 0) is 6.92 Å². The van der Waals surface area contributed by atoms with Crippen LogP contribution in [-0.4, -0.2) is 24.9 Å². The minimum Gasteiger partial charge on any atom is -0.402 e. The van der Waals surface area contributed by atoms with Gasteiger partial charge >= 0.3 is 0 Å². The number of rotatable bonds is 1. The SMILES string of the molecule is C/C(N)=C\C(=O)N(C)C. The van der Waals surface area contributed by atoms with E-state index < -0.39 is 0 Å². The average molecular weight is 128 g/mol. The Morgan fingerprint density at radius 1 is 1.56 bits per heavy atom. The molecular formula is C6H12N2O. The van der Waals surface area contributed by atoms with Crippen molar-refractivity contribution in [2.24, 2.45) is 5.73 Å². The number of allylic oxidation sites excluding steroid dienone is 1. The van der Waals surface area contributed by atoms with Gasteiger partial charge in [0, 0.05) is 25.9 Å². The van der Waals surface area contributed by atoms with E-state index in [1.807, 2.05) is 0 Å². The van der Waals surface area contributed by atoms with E-state index in [9.17, 15) is 4.79 Å². The van der Waals surface area contributed by atoms with Gasteiger partial charge in [0.25, 0.3) is 0 Å². The summed E-state index contributed by atoms with van der Waals surface area (Å²) in [6.45, 7) is 1.68. The molecule has 0 aliphatic rings. The number of likely N-dealkylation sites (N-methyl/N-ethyl adjacent to an activating group) is 1. The smallest absolute Gasteiger partial charge is 0.247 e. The van der Waals surface area contributed by atoms with E-state index in [2.05, 4.69) is 0 Å². The van der Waals surface area contributed by atoms with Gasteiger partial charge in [0.1, 0.15) is 0 Å². The molecule has 0 aromatic heterocycles. The second-order valence-electron chi connectivity index (χ2n) is 2.12. The summed E-state index contributed by atoms with van der Waals surface area (Å²) < 4.78 is 0. The quantitative estimate of drug-likeness (QED) is 0.503. The molecule has 2 N–H and O–H groups in total. The van der Waals surface area contributed by atoms with Crippen molar-refractivity contribution < 1.29 is 4.79 Å². The molecule has 0 atom stereocenters. The monoisotopic (exact) mass is 128 g/mol. The maximum Gasteiger partial charge on any atom is 0.247 e. The Morgan fingerprint density at radius 2 is 2.00 bits per heavy atom. The van der Waals surface area contributed by atoms with Gasteiger partial charge in [0.2, 0.25) is 5.91 Å². The normalized spacial score (nSPS) is 11.2. The highest BCUT2D eigenvalue weighted by atomic mass is 16.2. The maximum atomic E-state index is 10.7. The highest BCUT2D eigenvalue weighted by Crippen LogP contribution is 1.84. The first-order chi connectivity index (χ1) is 4.04. The van der Waals surface area contributed by atoms with E-state index in [1.165, 1.54) is 11.0 Å². The number of carbonyl (C=O) groups is 1. The lowest BCUT2D eigenvalue weighted by Gasteiger charge is -2.05. The van der Waals surface area contributed by atoms with Gasteiger partial charge in [-0.1, -0.05) is 0 Å². The second kappa shape index (κ2) is 3.12. The van der Waals surface area contributed by atoms with Crippen molar-refractivity contribution in [3.05, 3.63) is 11.8 Å². The van der Waals surface area contributed by atoms with Gasteiger partial charge in [-0.15, -0.1) is 0 Å². The molecule has 0 unspecified atom stereocenters. The molecule has 0 aliphatic carbocycles. The molecule has 0 heterocycles. The minimum absolute atomic E-state index is 0.0741. The van der Waals surface area contributed by atoms with E-state index in [-0.39, 0.29) is 5.91 Å². The first-order valence-corrected chi connectivity index (χ1v) is 2.69. The molecule has 0 saturated heterocycles. The van der Waals surface area contributed by atoms with Gasteiger partial charge in [0.05, 0.1) is 0 Å². The van der Waals surface area contributed by atoms with Crippen LogP contribution in [0.1, 0.15) is 6.92 Å². The molecule has 9 heavy (non-hydrogen) atoms. The fourth-order valence-electron chi connectivity index (χ4n) is 0.324. The molecule has 0 rings (SSSR count). The Hall–Kier alpha value is -0.990. The topological polar surface area (TPSA) is 46.3 Å². The van der Waals surface area contributed by atoms with Crippen LogP contribution in [0, 0.1) is 0 Å². The first kappa shape index (κ1) is 8.01. The number of hydrogen-bond donors (Lipinski definition) is 1. The zero-order valence-electron chi connectivity index (χ0n) is 6.01. The van der Waals surface area contributed by atoms with E-state index in [4.69, 9.17) is 5.73 Å². The predicted octanol–water partition coefficient (Wildman–Crippen LogP) is -0.0629. The van der Waals surface area contributed by atoms with Crippen molar-refractivity contribution in [2.75, 3.05) is 14.1 Å². The Bertz CT molecular complexity index is 134. The molecule has 1 amide bonds. The molecule has 0 radical (unpaired) electrons. The summed E-state index contributed by atoms with van der Waals surface area (Å²) in [5.41, 5.74) is 5.78. The molecule has 3 heteroatoms.